The Hall–Kier alpha value is -3.22. The molecular weight excluding hydrogens is 408 g/mol. The standard InChI is InChI=1S/C25H32N2O5/c1-17(28)27-15-20(19-9-10-23(31-3)24(14-19)32-4)13-21(16-27)25(29)26-12-11-18-7-5-6-8-22(18)30-2/h5-10,14,20-21H,11-13,15-16H2,1-4H3,(H,26,29)/t20-,21-/m0/s1. The molecule has 1 N–H and O–H groups in total. The van der Waals surface area contributed by atoms with Crippen molar-refractivity contribution < 1.29 is 23.8 Å². The fraction of sp³-hybridized carbons (Fsp3) is 0.440. The Morgan fingerprint density at radius 1 is 0.969 bits per heavy atom. The molecule has 0 bridgehead atoms. The van der Waals surface area contributed by atoms with Gasteiger partial charge in [-0.25, -0.2) is 0 Å². The first-order valence-electron chi connectivity index (χ1n) is 10.8. The molecule has 7 heteroatoms. The van der Waals surface area contributed by atoms with Crippen LogP contribution < -0.4 is 19.5 Å². The van der Waals surface area contributed by atoms with Crippen LogP contribution in [0, 0.1) is 5.92 Å². The van der Waals surface area contributed by atoms with Crippen LogP contribution in [0.25, 0.3) is 0 Å². The van der Waals surface area contributed by atoms with Crippen LogP contribution in [0.3, 0.4) is 0 Å². The minimum Gasteiger partial charge on any atom is -0.496 e. The second kappa shape index (κ2) is 10.9. The number of rotatable bonds is 8. The average molecular weight is 441 g/mol. The summed E-state index contributed by atoms with van der Waals surface area (Å²) in [5, 5.41) is 3.05. The number of ether oxygens (including phenoxy) is 3. The highest BCUT2D eigenvalue weighted by atomic mass is 16.5. The Morgan fingerprint density at radius 3 is 2.38 bits per heavy atom. The van der Waals surface area contributed by atoms with E-state index in [1.165, 1.54) is 0 Å². The molecule has 172 valence electrons. The van der Waals surface area contributed by atoms with Gasteiger partial charge in [-0.2, -0.15) is 0 Å². The highest BCUT2D eigenvalue weighted by Crippen LogP contribution is 2.35. The molecule has 0 aliphatic carbocycles. The summed E-state index contributed by atoms with van der Waals surface area (Å²) >= 11 is 0. The molecule has 0 saturated carbocycles. The maximum absolute atomic E-state index is 13.0. The highest BCUT2D eigenvalue weighted by Gasteiger charge is 2.33. The van der Waals surface area contributed by atoms with E-state index in [0.717, 1.165) is 16.9 Å². The van der Waals surface area contributed by atoms with E-state index in [2.05, 4.69) is 5.32 Å². The topological polar surface area (TPSA) is 77.1 Å². The molecule has 0 spiro atoms. The molecule has 2 aromatic rings. The predicted molar refractivity (Wildman–Crippen MR) is 122 cm³/mol. The largest absolute Gasteiger partial charge is 0.496 e. The Bertz CT molecular complexity index is 946. The summed E-state index contributed by atoms with van der Waals surface area (Å²) in [6, 6.07) is 13.6. The molecule has 0 aromatic heterocycles. The van der Waals surface area contributed by atoms with Crippen LogP contribution in [-0.4, -0.2) is 57.7 Å². The molecule has 1 fully saturated rings. The van der Waals surface area contributed by atoms with Gasteiger partial charge in [-0.15, -0.1) is 0 Å². The number of amides is 2. The van der Waals surface area contributed by atoms with Gasteiger partial charge in [-0.1, -0.05) is 24.3 Å². The van der Waals surface area contributed by atoms with E-state index in [1.54, 1.807) is 33.2 Å². The Labute approximate surface area is 189 Å². The van der Waals surface area contributed by atoms with Gasteiger partial charge in [0.1, 0.15) is 5.75 Å². The van der Waals surface area contributed by atoms with E-state index in [4.69, 9.17) is 14.2 Å². The van der Waals surface area contributed by atoms with E-state index < -0.39 is 0 Å². The molecular formula is C25H32N2O5. The van der Waals surface area contributed by atoms with Crippen molar-refractivity contribution in [2.75, 3.05) is 41.0 Å². The minimum atomic E-state index is -0.275. The SMILES string of the molecule is COc1ccccc1CCNC(=O)[C@H]1C[C@H](c2ccc(OC)c(OC)c2)CN(C(C)=O)C1. The maximum atomic E-state index is 13.0. The van der Waals surface area contributed by atoms with Crippen LogP contribution in [0.1, 0.15) is 30.4 Å². The highest BCUT2D eigenvalue weighted by molar-refractivity contribution is 5.81. The van der Waals surface area contributed by atoms with E-state index in [1.807, 2.05) is 42.5 Å². The van der Waals surface area contributed by atoms with Crippen molar-refractivity contribution in [3.63, 3.8) is 0 Å². The van der Waals surface area contributed by atoms with Crippen LogP contribution in [-0.2, 0) is 16.0 Å². The summed E-state index contributed by atoms with van der Waals surface area (Å²) in [5.41, 5.74) is 2.08. The first kappa shape index (κ1) is 23.4. The third kappa shape index (κ3) is 5.52. The lowest BCUT2D eigenvalue weighted by atomic mass is 9.83. The van der Waals surface area contributed by atoms with E-state index in [0.29, 0.717) is 44.0 Å². The molecule has 2 amide bonds. The normalized spacial score (nSPS) is 18.1. The first-order chi connectivity index (χ1) is 15.5. The number of carbonyl (C=O) groups is 2. The fourth-order valence-corrected chi connectivity index (χ4v) is 4.27. The van der Waals surface area contributed by atoms with Gasteiger partial charge in [0.15, 0.2) is 11.5 Å². The van der Waals surface area contributed by atoms with Gasteiger partial charge in [-0.3, -0.25) is 9.59 Å². The molecule has 1 saturated heterocycles. The van der Waals surface area contributed by atoms with Crippen molar-refractivity contribution in [1.82, 2.24) is 10.2 Å². The Kier molecular flexibility index (Phi) is 7.98. The number of methoxy groups -OCH3 is 3. The Morgan fingerprint density at radius 2 is 1.69 bits per heavy atom. The first-order valence-corrected chi connectivity index (χ1v) is 10.8. The third-order valence-electron chi connectivity index (χ3n) is 6.03. The molecule has 2 aromatic carbocycles. The third-order valence-corrected chi connectivity index (χ3v) is 6.03. The van der Waals surface area contributed by atoms with E-state index >= 15 is 0 Å². The lowest BCUT2D eigenvalue weighted by Crippen LogP contribution is -2.47. The molecule has 1 aliphatic heterocycles. The average Bonchev–Trinajstić information content (AvgIpc) is 2.83. The van der Waals surface area contributed by atoms with Crippen molar-refractivity contribution in [1.29, 1.82) is 0 Å². The number of nitrogens with zero attached hydrogens (tertiary/aromatic N) is 1. The number of hydrogen-bond donors (Lipinski definition) is 1. The summed E-state index contributed by atoms with van der Waals surface area (Å²) in [6.07, 6.45) is 1.34. The van der Waals surface area contributed by atoms with Crippen LogP contribution in [0.4, 0.5) is 0 Å². The summed E-state index contributed by atoms with van der Waals surface area (Å²) in [6.45, 7) is 3.07. The second-order valence-electron chi connectivity index (χ2n) is 8.02. The second-order valence-corrected chi connectivity index (χ2v) is 8.02. The molecule has 7 nitrogen and oxygen atoms in total. The van der Waals surface area contributed by atoms with Gasteiger partial charge >= 0.3 is 0 Å². The smallest absolute Gasteiger partial charge is 0.224 e. The molecule has 32 heavy (non-hydrogen) atoms. The van der Waals surface area contributed by atoms with E-state index in [9.17, 15) is 9.59 Å². The number of carbonyl (C=O) groups excluding carboxylic acids is 2. The van der Waals surface area contributed by atoms with Crippen molar-refractivity contribution in [3.05, 3.63) is 53.6 Å². The predicted octanol–water partition coefficient (Wildman–Crippen LogP) is 3.02. The molecule has 0 unspecified atom stereocenters. The van der Waals surface area contributed by atoms with Gasteiger partial charge in [0.05, 0.1) is 27.2 Å². The van der Waals surface area contributed by atoms with Gasteiger partial charge in [0.25, 0.3) is 0 Å². The Balaban J connectivity index is 1.69. The van der Waals surface area contributed by atoms with Gasteiger partial charge in [-0.05, 0) is 42.2 Å². The quantitative estimate of drug-likeness (QED) is 0.683. The van der Waals surface area contributed by atoms with Crippen molar-refractivity contribution in [3.8, 4) is 17.2 Å². The van der Waals surface area contributed by atoms with Crippen LogP contribution in [0.5, 0.6) is 17.2 Å². The maximum Gasteiger partial charge on any atom is 0.224 e. The molecule has 0 radical (unpaired) electrons. The zero-order valence-corrected chi connectivity index (χ0v) is 19.2. The zero-order chi connectivity index (χ0) is 23.1. The molecule has 3 rings (SSSR count). The number of hydrogen-bond acceptors (Lipinski definition) is 5. The summed E-state index contributed by atoms with van der Waals surface area (Å²) < 4.78 is 16.1. The van der Waals surface area contributed by atoms with Crippen molar-refractivity contribution in [2.45, 2.75) is 25.7 Å². The van der Waals surface area contributed by atoms with Gasteiger partial charge < -0.3 is 24.4 Å². The van der Waals surface area contributed by atoms with Crippen molar-refractivity contribution in [2.24, 2.45) is 5.92 Å². The monoisotopic (exact) mass is 440 g/mol. The summed E-state index contributed by atoms with van der Waals surface area (Å²) in [4.78, 5) is 26.9. The molecule has 2 atom stereocenters. The van der Waals surface area contributed by atoms with Crippen LogP contribution in [0.2, 0.25) is 0 Å². The number of piperidine rings is 1. The number of likely N-dealkylation sites (tertiary alicyclic amines) is 1. The summed E-state index contributed by atoms with van der Waals surface area (Å²) in [7, 11) is 4.84. The van der Waals surface area contributed by atoms with Crippen LogP contribution in [0.15, 0.2) is 42.5 Å². The number of benzene rings is 2. The number of para-hydroxylation sites is 1. The fourth-order valence-electron chi connectivity index (χ4n) is 4.27. The van der Waals surface area contributed by atoms with Crippen LogP contribution >= 0.6 is 0 Å². The lowest BCUT2D eigenvalue weighted by molar-refractivity contribution is -0.134. The van der Waals surface area contributed by atoms with Crippen molar-refractivity contribution >= 4 is 11.8 Å². The molecule has 1 aliphatic rings. The van der Waals surface area contributed by atoms with E-state index in [-0.39, 0.29) is 23.7 Å². The number of nitrogens with one attached hydrogen (secondary N) is 1. The summed E-state index contributed by atoms with van der Waals surface area (Å²) in [5.74, 6) is 1.82. The van der Waals surface area contributed by atoms with Gasteiger partial charge in [0, 0.05) is 32.5 Å². The van der Waals surface area contributed by atoms with Gasteiger partial charge in [0.2, 0.25) is 11.8 Å². The molecule has 1 heterocycles. The lowest BCUT2D eigenvalue weighted by Gasteiger charge is -2.37. The zero-order valence-electron chi connectivity index (χ0n) is 19.2. The minimum absolute atomic E-state index is 0.0259.